The summed E-state index contributed by atoms with van der Waals surface area (Å²) in [5.74, 6) is -0.147. The van der Waals surface area contributed by atoms with Crippen molar-refractivity contribution in [3.63, 3.8) is 0 Å². The van der Waals surface area contributed by atoms with Gasteiger partial charge in [0.25, 0.3) is 0 Å². The molecule has 5 nitrogen and oxygen atoms in total. The molecule has 0 bridgehead atoms. The lowest BCUT2D eigenvalue weighted by atomic mass is 10.0. The Morgan fingerprint density at radius 3 is 2.37 bits per heavy atom. The predicted molar refractivity (Wildman–Crippen MR) is 73.1 cm³/mol. The highest BCUT2D eigenvalue weighted by Gasteiger charge is 2.29. The van der Waals surface area contributed by atoms with Gasteiger partial charge >= 0.3 is 5.97 Å². The molecule has 1 fully saturated rings. The zero-order valence-corrected chi connectivity index (χ0v) is 12.4. The summed E-state index contributed by atoms with van der Waals surface area (Å²) in [6.07, 6.45) is 2.82. The molecule has 0 unspecified atom stereocenters. The Morgan fingerprint density at radius 2 is 1.84 bits per heavy atom. The first-order chi connectivity index (χ1) is 9.19. The van der Waals surface area contributed by atoms with Gasteiger partial charge in [-0.25, -0.2) is 0 Å². The zero-order valence-electron chi connectivity index (χ0n) is 12.4. The van der Waals surface area contributed by atoms with Crippen molar-refractivity contribution in [2.24, 2.45) is 0 Å². The van der Waals surface area contributed by atoms with Crippen LogP contribution in [0.25, 0.3) is 0 Å². The van der Waals surface area contributed by atoms with Crippen LogP contribution >= 0.6 is 0 Å². The third-order valence-corrected chi connectivity index (χ3v) is 3.34. The molecule has 112 valence electrons. The lowest BCUT2D eigenvalue weighted by molar-refractivity contribution is -0.163. The monoisotopic (exact) mass is 273 g/mol. The van der Waals surface area contributed by atoms with E-state index < -0.39 is 0 Å². The smallest absolute Gasteiger partial charge is 0.323 e. The Balaban J connectivity index is 2.43. The number of ether oxygens (including phenoxy) is 3. The molecular weight excluding hydrogens is 246 g/mol. The van der Waals surface area contributed by atoms with E-state index in [1.807, 2.05) is 20.9 Å². The van der Waals surface area contributed by atoms with Crippen LogP contribution in [0.2, 0.25) is 0 Å². The molecule has 0 aromatic carbocycles. The Bertz CT molecular complexity index is 252. The Labute approximate surface area is 116 Å². The average Bonchev–Trinajstić information content (AvgIpc) is 2.42. The summed E-state index contributed by atoms with van der Waals surface area (Å²) in [5, 5.41) is 0. The minimum absolute atomic E-state index is 0.112. The van der Waals surface area contributed by atoms with E-state index in [1.165, 1.54) is 0 Å². The standard InChI is InChI=1S/C14H27NO4/c1-4-17-10-12(11-18-5-2)19-14(16)13-8-6-7-9-15(13)3/h12-13H,4-11H2,1-3H3/t13-/m0/s1. The number of nitrogens with zero attached hydrogens (tertiary/aromatic N) is 1. The van der Waals surface area contributed by atoms with Gasteiger partial charge in [0.15, 0.2) is 0 Å². The number of hydrogen-bond acceptors (Lipinski definition) is 5. The summed E-state index contributed by atoms with van der Waals surface area (Å²) in [5.41, 5.74) is 0. The predicted octanol–water partition coefficient (Wildman–Crippen LogP) is 1.46. The van der Waals surface area contributed by atoms with E-state index in [0.717, 1.165) is 25.8 Å². The fourth-order valence-corrected chi connectivity index (χ4v) is 2.23. The molecule has 0 aromatic heterocycles. The number of carbonyl (C=O) groups excluding carboxylic acids is 1. The summed E-state index contributed by atoms with van der Waals surface area (Å²) in [4.78, 5) is 14.2. The van der Waals surface area contributed by atoms with E-state index in [-0.39, 0.29) is 18.1 Å². The van der Waals surface area contributed by atoms with E-state index >= 15 is 0 Å². The van der Waals surface area contributed by atoms with Crippen molar-refractivity contribution in [2.45, 2.75) is 45.3 Å². The third-order valence-electron chi connectivity index (χ3n) is 3.34. The largest absolute Gasteiger partial charge is 0.456 e. The van der Waals surface area contributed by atoms with Crippen LogP contribution in [0.1, 0.15) is 33.1 Å². The number of esters is 1. The Hall–Kier alpha value is -0.650. The second-order valence-corrected chi connectivity index (χ2v) is 4.87. The summed E-state index contributed by atoms with van der Waals surface area (Å²) < 4.78 is 16.2. The molecule has 0 aromatic rings. The minimum atomic E-state index is -0.303. The molecular formula is C14H27NO4. The van der Waals surface area contributed by atoms with E-state index in [9.17, 15) is 4.79 Å². The van der Waals surface area contributed by atoms with Crippen LogP contribution in [0.3, 0.4) is 0 Å². The molecule has 0 spiro atoms. The van der Waals surface area contributed by atoms with Gasteiger partial charge in [-0.2, -0.15) is 0 Å². The van der Waals surface area contributed by atoms with E-state index in [1.54, 1.807) is 0 Å². The fraction of sp³-hybridized carbons (Fsp3) is 0.929. The highest BCUT2D eigenvalue weighted by molar-refractivity contribution is 5.76. The molecule has 1 aliphatic heterocycles. The van der Waals surface area contributed by atoms with E-state index in [0.29, 0.717) is 26.4 Å². The van der Waals surface area contributed by atoms with Crippen LogP contribution in [0, 0.1) is 0 Å². The van der Waals surface area contributed by atoms with Gasteiger partial charge in [0.2, 0.25) is 0 Å². The topological polar surface area (TPSA) is 48.0 Å². The van der Waals surface area contributed by atoms with Crippen LogP contribution in [-0.4, -0.2) is 63.0 Å². The van der Waals surface area contributed by atoms with Crippen LogP contribution in [-0.2, 0) is 19.0 Å². The highest BCUT2D eigenvalue weighted by atomic mass is 16.6. The molecule has 5 heteroatoms. The summed E-state index contributed by atoms with van der Waals surface area (Å²) in [6.45, 7) is 6.84. The molecule has 0 N–H and O–H groups in total. The first-order valence-electron chi connectivity index (χ1n) is 7.25. The highest BCUT2D eigenvalue weighted by Crippen LogP contribution is 2.16. The maximum absolute atomic E-state index is 12.2. The van der Waals surface area contributed by atoms with Crippen molar-refractivity contribution in [1.82, 2.24) is 4.90 Å². The molecule has 0 saturated carbocycles. The first kappa shape index (κ1) is 16.4. The molecule has 1 heterocycles. The number of likely N-dealkylation sites (N-methyl/N-ethyl adjacent to an activating group) is 1. The van der Waals surface area contributed by atoms with Gasteiger partial charge in [0, 0.05) is 13.2 Å². The molecule has 19 heavy (non-hydrogen) atoms. The Kier molecular flexibility index (Phi) is 8.02. The second-order valence-electron chi connectivity index (χ2n) is 4.87. The lowest BCUT2D eigenvalue weighted by Crippen LogP contribution is -2.45. The fourth-order valence-electron chi connectivity index (χ4n) is 2.23. The number of likely N-dealkylation sites (tertiary alicyclic amines) is 1. The molecule has 1 rings (SSSR count). The summed E-state index contributed by atoms with van der Waals surface area (Å²) >= 11 is 0. The lowest BCUT2D eigenvalue weighted by Gasteiger charge is -2.31. The van der Waals surface area contributed by atoms with Gasteiger partial charge < -0.3 is 14.2 Å². The average molecular weight is 273 g/mol. The van der Waals surface area contributed by atoms with Gasteiger partial charge in [0.05, 0.1) is 13.2 Å². The number of piperidine rings is 1. The van der Waals surface area contributed by atoms with Crippen LogP contribution in [0.4, 0.5) is 0 Å². The van der Waals surface area contributed by atoms with Crippen molar-refractivity contribution in [1.29, 1.82) is 0 Å². The van der Waals surface area contributed by atoms with Crippen LogP contribution < -0.4 is 0 Å². The molecule has 1 atom stereocenters. The Morgan fingerprint density at radius 1 is 1.21 bits per heavy atom. The van der Waals surface area contributed by atoms with Crippen molar-refractivity contribution in [2.75, 3.05) is 40.0 Å². The number of carbonyl (C=O) groups is 1. The quantitative estimate of drug-likeness (QED) is 0.627. The molecule has 0 aliphatic carbocycles. The van der Waals surface area contributed by atoms with Crippen molar-refractivity contribution in [3.8, 4) is 0 Å². The van der Waals surface area contributed by atoms with Crippen molar-refractivity contribution < 1.29 is 19.0 Å². The SMILES string of the molecule is CCOCC(COCC)OC(=O)[C@@H]1CCCCN1C. The van der Waals surface area contributed by atoms with E-state index in [2.05, 4.69) is 4.90 Å². The maximum Gasteiger partial charge on any atom is 0.323 e. The van der Waals surface area contributed by atoms with Gasteiger partial charge in [-0.15, -0.1) is 0 Å². The molecule has 1 aliphatic rings. The van der Waals surface area contributed by atoms with Crippen molar-refractivity contribution >= 4 is 5.97 Å². The molecule has 0 amide bonds. The third kappa shape index (κ3) is 5.89. The van der Waals surface area contributed by atoms with Gasteiger partial charge in [-0.05, 0) is 40.3 Å². The van der Waals surface area contributed by atoms with Crippen LogP contribution in [0.5, 0.6) is 0 Å². The molecule has 0 radical (unpaired) electrons. The second kappa shape index (κ2) is 9.28. The number of rotatable bonds is 8. The minimum Gasteiger partial charge on any atom is -0.456 e. The maximum atomic E-state index is 12.2. The van der Waals surface area contributed by atoms with Crippen LogP contribution in [0.15, 0.2) is 0 Å². The summed E-state index contributed by atoms with van der Waals surface area (Å²) in [6, 6.07) is -0.112. The van der Waals surface area contributed by atoms with Gasteiger partial charge in [-0.3, -0.25) is 9.69 Å². The normalized spacial score (nSPS) is 20.7. The van der Waals surface area contributed by atoms with E-state index in [4.69, 9.17) is 14.2 Å². The van der Waals surface area contributed by atoms with Crippen molar-refractivity contribution in [3.05, 3.63) is 0 Å². The zero-order chi connectivity index (χ0) is 14.1. The van der Waals surface area contributed by atoms with Gasteiger partial charge in [0.1, 0.15) is 12.1 Å². The molecule has 1 saturated heterocycles. The van der Waals surface area contributed by atoms with Gasteiger partial charge in [-0.1, -0.05) is 6.42 Å². The number of hydrogen-bond donors (Lipinski definition) is 0. The summed E-state index contributed by atoms with van der Waals surface area (Å²) in [7, 11) is 1.98. The first-order valence-corrected chi connectivity index (χ1v) is 7.25.